The molecule has 1 N–H and O–H groups in total. The zero-order chi connectivity index (χ0) is 16.1. The minimum absolute atomic E-state index is 0.386. The van der Waals surface area contributed by atoms with Gasteiger partial charge in [-0.2, -0.15) is 0 Å². The number of hydrogen-bond donors (Lipinski definition) is 1. The number of amides is 1. The summed E-state index contributed by atoms with van der Waals surface area (Å²) in [6, 6.07) is 11.4. The van der Waals surface area contributed by atoms with Crippen molar-refractivity contribution in [1.82, 2.24) is 5.32 Å². The first kappa shape index (κ1) is 15.7. The van der Waals surface area contributed by atoms with Crippen molar-refractivity contribution < 1.29 is 19.1 Å². The molecule has 0 heterocycles. The molecule has 2 rings (SSSR count). The van der Waals surface area contributed by atoms with Gasteiger partial charge in [0.2, 0.25) is 0 Å². The van der Waals surface area contributed by atoms with E-state index in [0.29, 0.717) is 11.1 Å². The SMILES string of the molecule is Cc1ccc(C(=O)N[C@H](CC(=O)[O-])c2ccc(F)cc2)cc1. The number of carbonyl (C=O) groups is 2. The van der Waals surface area contributed by atoms with Crippen molar-refractivity contribution in [2.75, 3.05) is 0 Å². The minimum atomic E-state index is -1.29. The number of aryl methyl sites for hydroxylation is 1. The number of carboxylic acid groups (broad SMARTS) is 1. The molecule has 0 radical (unpaired) electrons. The summed E-state index contributed by atoms with van der Waals surface area (Å²) in [5.41, 5.74) is 1.95. The Balaban J connectivity index is 2.19. The molecule has 22 heavy (non-hydrogen) atoms. The molecule has 0 saturated carbocycles. The first-order valence-corrected chi connectivity index (χ1v) is 6.78. The molecule has 0 aliphatic carbocycles. The Kier molecular flexibility index (Phi) is 4.88. The third kappa shape index (κ3) is 4.15. The number of carbonyl (C=O) groups excluding carboxylic acids is 2. The number of hydrogen-bond acceptors (Lipinski definition) is 3. The Labute approximate surface area is 127 Å². The van der Waals surface area contributed by atoms with Crippen LogP contribution in [0.3, 0.4) is 0 Å². The van der Waals surface area contributed by atoms with Crippen LogP contribution in [-0.4, -0.2) is 11.9 Å². The maximum Gasteiger partial charge on any atom is 0.251 e. The van der Waals surface area contributed by atoms with E-state index in [4.69, 9.17) is 0 Å². The predicted octanol–water partition coefficient (Wildman–Crippen LogP) is 1.75. The van der Waals surface area contributed by atoms with Crippen molar-refractivity contribution >= 4 is 11.9 Å². The van der Waals surface area contributed by atoms with Gasteiger partial charge in [0.1, 0.15) is 5.82 Å². The van der Waals surface area contributed by atoms with Crippen LogP contribution in [0, 0.1) is 12.7 Å². The van der Waals surface area contributed by atoms with Crippen LogP contribution < -0.4 is 10.4 Å². The lowest BCUT2D eigenvalue weighted by Crippen LogP contribution is -2.34. The van der Waals surface area contributed by atoms with Gasteiger partial charge in [-0.05, 0) is 36.8 Å². The van der Waals surface area contributed by atoms with Gasteiger partial charge in [0.15, 0.2) is 0 Å². The molecule has 0 aliphatic rings. The lowest BCUT2D eigenvalue weighted by atomic mass is 10.0. The van der Waals surface area contributed by atoms with E-state index in [-0.39, 0.29) is 6.42 Å². The second kappa shape index (κ2) is 6.85. The van der Waals surface area contributed by atoms with Crippen molar-refractivity contribution in [3.05, 3.63) is 71.0 Å². The first-order valence-electron chi connectivity index (χ1n) is 6.78. The topological polar surface area (TPSA) is 69.2 Å². The Bertz CT molecular complexity index is 665. The predicted molar refractivity (Wildman–Crippen MR) is 77.4 cm³/mol. The van der Waals surface area contributed by atoms with E-state index in [1.807, 2.05) is 6.92 Å². The fraction of sp³-hybridized carbons (Fsp3) is 0.176. The number of rotatable bonds is 5. The van der Waals surface area contributed by atoms with Gasteiger partial charge in [-0.3, -0.25) is 4.79 Å². The van der Waals surface area contributed by atoms with Gasteiger partial charge in [0.05, 0.1) is 6.04 Å². The van der Waals surface area contributed by atoms with Crippen molar-refractivity contribution in [1.29, 1.82) is 0 Å². The molecular formula is C17H15FNO3-. The number of halogens is 1. The summed E-state index contributed by atoms with van der Waals surface area (Å²) in [5, 5.41) is 13.5. The van der Waals surface area contributed by atoms with E-state index in [1.165, 1.54) is 24.3 Å². The van der Waals surface area contributed by atoms with E-state index in [9.17, 15) is 19.1 Å². The summed E-state index contributed by atoms with van der Waals surface area (Å²) >= 11 is 0. The highest BCUT2D eigenvalue weighted by molar-refractivity contribution is 5.94. The van der Waals surface area contributed by atoms with Crippen LogP contribution in [0.4, 0.5) is 4.39 Å². The summed E-state index contributed by atoms with van der Waals surface area (Å²) in [5.74, 6) is -2.12. The minimum Gasteiger partial charge on any atom is -0.550 e. The highest BCUT2D eigenvalue weighted by Gasteiger charge is 2.16. The average Bonchev–Trinajstić information content (AvgIpc) is 2.47. The molecule has 0 saturated heterocycles. The molecule has 114 valence electrons. The Morgan fingerprint density at radius 1 is 1.09 bits per heavy atom. The van der Waals surface area contributed by atoms with Crippen molar-refractivity contribution in [3.63, 3.8) is 0 Å². The van der Waals surface area contributed by atoms with E-state index in [2.05, 4.69) is 5.32 Å². The van der Waals surface area contributed by atoms with Gasteiger partial charge in [-0.25, -0.2) is 4.39 Å². The van der Waals surface area contributed by atoms with Crippen LogP contribution in [0.5, 0.6) is 0 Å². The van der Waals surface area contributed by atoms with Crippen molar-refractivity contribution in [2.24, 2.45) is 0 Å². The molecule has 0 aromatic heterocycles. The van der Waals surface area contributed by atoms with Gasteiger partial charge in [-0.15, -0.1) is 0 Å². The molecule has 4 nitrogen and oxygen atoms in total. The summed E-state index contributed by atoms with van der Waals surface area (Å²) in [6.07, 6.45) is -0.386. The molecule has 0 unspecified atom stereocenters. The van der Waals surface area contributed by atoms with Gasteiger partial charge >= 0.3 is 0 Å². The molecule has 2 aromatic carbocycles. The second-order valence-electron chi connectivity index (χ2n) is 5.02. The maximum atomic E-state index is 13.0. The molecular weight excluding hydrogens is 285 g/mol. The summed E-state index contributed by atoms with van der Waals surface area (Å²) in [6.45, 7) is 1.90. The summed E-state index contributed by atoms with van der Waals surface area (Å²) < 4.78 is 13.0. The maximum absolute atomic E-state index is 13.0. The standard InChI is InChI=1S/C17H16FNO3/c1-11-2-4-13(5-3-11)17(22)19-15(10-16(20)21)12-6-8-14(18)9-7-12/h2-9,15H,10H2,1H3,(H,19,22)(H,20,21)/p-1/t15-/m1/s1. The van der Waals surface area contributed by atoms with Crippen molar-refractivity contribution in [3.8, 4) is 0 Å². The highest BCUT2D eigenvalue weighted by atomic mass is 19.1. The number of nitrogens with one attached hydrogen (secondary N) is 1. The van der Waals surface area contributed by atoms with E-state index in [1.54, 1.807) is 24.3 Å². The molecule has 1 amide bonds. The van der Waals surface area contributed by atoms with Gasteiger partial charge in [-0.1, -0.05) is 29.8 Å². The lowest BCUT2D eigenvalue weighted by molar-refractivity contribution is -0.306. The smallest absolute Gasteiger partial charge is 0.251 e. The molecule has 1 atom stereocenters. The van der Waals surface area contributed by atoms with Gasteiger partial charge < -0.3 is 15.2 Å². The van der Waals surface area contributed by atoms with Crippen LogP contribution in [0.25, 0.3) is 0 Å². The van der Waals surface area contributed by atoms with Crippen LogP contribution >= 0.6 is 0 Å². The normalized spacial score (nSPS) is 11.7. The van der Waals surface area contributed by atoms with Gasteiger partial charge in [0.25, 0.3) is 5.91 Å². The Hall–Kier alpha value is -2.69. The first-order chi connectivity index (χ1) is 10.5. The van der Waals surface area contributed by atoms with E-state index < -0.39 is 23.7 Å². The van der Waals surface area contributed by atoms with Crippen LogP contribution in [0.15, 0.2) is 48.5 Å². The second-order valence-corrected chi connectivity index (χ2v) is 5.02. The van der Waals surface area contributed by atoms with E-state index >= 15 is 0 Å². The third-order valence-electron chi connectivity index (χ3n) is 3.26. The van der Waals surface area contributed by atoms with E-state index in [0.717, 1.165) is 5.56 Å². The van der Waals surface area contributed by atoms with Gasteiger partial charge in [0, 0.05) is 18.0 Å². The summed E-state index contributed by atoms with van der Waals surface area (Å²) in [7, 11) is 0. The zero-order valence-corrected chi connectivity index (χ0v) is 12.0. The molecule has 0 bridgehead atoms. The lowest BCUT2D eigenvalue weighted by Gasteiger charge is -2.20. The van der Waals surface area contributed by atoms with Crippen LogP contribution in [-0.2, 0) is 4.79 Å². The molecule has 2 aromatic rings. The number of carboxylic acids is 1. The molecule has 0 fully saturated rings. The fourth-order valence-corrected chi connectivity index (χ4v) is 2.06. The number of benzene rings is 2. The Morgan fingerprint density at radius 2 is 1.68 bits per heavy atom. The third-order valence-corrected chi connectivity index (χ3v) is 3.26. The molecule has 0 aliphatic heterocycles. The monoisotopic (exact) mass is 300 g/mol. The molecule has 5 heteroatoms. The fourth-order valence-electron chi connectivity index (χ4n) is 2.06. The largest absolute Gasteiger partial charge is 0.550 e. The quantitative estimate of drug-likeness (QED) is 0.914. The zero-order valence-electron chi connectivity index (χ0n) is 12.0. The van der Waals surface area contributed by atoms with Crippen LogP contribution in [0.1, 0.15) is 33.9 Å². The molecule has 0 spiro atoms. The number of aliphatic carboxylic acids is 1. The van der Waals surface area contributed by atoms with Crippen molar-refractivity contribution in [2.45, 2.75) is 19.4 Å². The highest BCUT2D eigenvalue weighted by Crippen LogP contribution is 2.18. The Morgan fingerprint density at radius 3 is 2.23 bits per heavy atom. The average molecular weight is 300 g/mol. The summed E-state index contributed by atoms with van der Waals surface area (Å²) in [4.78, 5) is 23.1. The van der Waals surface area contributed by atoms with Crippen LogP contribution in [0.2, 0.25) is 0 Å².